The molecule has 1 heterocycles. The van der Waals surface area contributed by atoms with Crippen LogP contribution in [0.25, 0.3) is 5.69 Å². The Labute approximate surface area is 182 Å². The van der Waals surface area contributed by atoms with E-state index >= 15 is 0 Å². The maximum atomic E-state index is 14.3. The third kappa shape index (κ3) is 5.70. The standard InChI is InChI=1S/C24H29FN4O2/c1-17-9-5-7-11-21(17)29-24(31-22-12-8-6-10-20(22)25)19(18(2)27-29)13-14-23(30)26-15-16-28(3)4/h5-12H,13-16H2,1-4H3,(H,26,30). The van der Waals surface area contributed by atoms with Crippen molar-refractivity contribution in [2.45, 2.75) is 26.7 Å². The Morgan fingerprint density at radius 3 is 2.55 bits per heavy atom. The molecule has 2 aromatic carbocycles. The fourth-order valence-corrected chi connectivity index (χ4v) is 3.27. The van der Waals surface area contributed by atoms with Gasteiger partial charge in [0.2, 0.25) is 11.8 Å². The summed E-state index contributed by atoms with van der Waals surface area (Å²) in [6, 6.07) is 14.1. The first-order valence-corrected chi connectivity index (χ1v) is 10.3. The van der Waals surface area contributed by atoms with E-state index in [4.69, 9.17) is 4.74 Å². The van der Waals surface area contributed by atoms with E-state index in [1.165, 1.54) is 6.07 Å². The summed E-state index contributed by atoms with van der Waals surface area (Å²) >= 11 is 0. The van der Waals surface area contributed by atoms with E-state index in [0.29, 0.717) is 25.3 Å². The van der Waals surface area contributed by atoms with Crippen LogP contribution >= 0.6 is 0 Å². The van der Waals surface area contributed by atoms with E-state index in [1.54, 1.807) is 22.9 Å². The van der Waals surface area contributed by atoms with Gasteiger partial charge in [0.25, 0.3) is 0 Å². The van der Waals surface area contributed by atoms with Crippen molar-refractivity contribution < 1.29 is 13.9 Å². The van der Waals surface area contributed by atoms with Gasteiger partial charge in [-0.1, -0.05) is 30.3 Å². The van der Waals surface area contributed by atoms with Crippen LogP contribution in [0, 0.1) is 19.7 Å². The van der Waals surface area contributed by atoms with Gasteiger partial charge in [0.05, 0.1) is 11.4 Å². The average molecular weight is 425 g/mol. The quantitative estimate of drug-likeness (QED) is 0.563. The summed E-state index contributed by atoms with van der Waals surface area (Å²) in [7, 11) is 3.92. The Morgan fingerprint density at radius 2 is 1.84 bits per heavy atom. The number of aromatic nitrogens is 2. The largest absolute Gasteiger partial charge is 0.436 e. The van der Waals surface area contributed by atoms with E-state index in [2.05, 4.69) is 10.4 Å². The molecule has 0 aliphatic heterocycles. The molecular weight excluding hydrogens is 395 g/mol. The second-order valence-electron chi connectivity index (χ2n) is 7.75. The number of carbonyl (C=O) groups excluding carboxylic acids is 1. The second kappa shape index (κ2) is 10.2. The molecule has 0 spiro atoms. The molecule has 0 fully saturated rings. The number of ether oxygens (including phenoxy) is 1. The Hall–Kier alpha value is -3.19. The molecule has 164 valence electrons. The fourth-order valence-electron chi connectivity index (χ4n) is 3.27. The number of benzene rings is 2. The number of halogens is 1. The molecule has 0 aliphatic rings. The third-order valence-electron chi connectivity index (χ3n) is 5.01. The normalized spacial score (nSPS) is 11.0. The van der Waals surface area contributed by atoms with Crippen LogP contribution in [0.2, 0.25) is 0 Å². The molecule has 0 atom stereocenters. The monoisotopic (exact) mass is 424 g/mol. The van der Waals surface area contributed by atoms with Crippen LogP contribution in [-0.4, -0.2) is 47.8 Å². The Balaban J connectivity index is 1.90. The van der Waals surface area contributed by atoms with Gasteiger partial charge in [-0.3, -0.25) is 4.79 Å². The van der Waals surface area contributed by atoms with Gasteiger partial charge in [0.1, 0.15) is 0 Å². The molecule has 0 saturated heterocycles. The maximum absolute atomic E-state index is 14.3. The van der Waals surface area contributed by atoms with E-state index in [9.17, 15) is 9.18 Å². The van der Waals surface area contributed by atoms with Crippen LogP contribution in [0.3, 0.4) is 0 Å². The third-order valence-corrected chi connectivity index (χ3v) is 5.01. The van der Waals surface area contributed by atoms with Gasteiger partial charge in [-0.2, -0.15) is 9.78 Å². The lowest BCUT2D eigenvalue weighted by molar-refractivity contribution is -0.121. The molecule has 7 heteroatoms. The average Bonchev–Trinajstić information content (AvgIpc) is 3.03. The minimum Gasteiger partial charge on any atom is -0.436 e. The zero-order valence-electron chi connectivity index (χ0n) is 18.5. The minimum absolute atomic E-state index is 0.0401. The molecule has 3 rings (SSSR count). The molecule has 1 aromatic heterocycles. The van der Waals surface area contributed by atoms with Crippen molar-refractivity contribution in [2.75, 3.05) is 27.2 Å². The summed E-state index contributed by atoms with van der Waals surface area (Å²) in [6.07, 6.45) is 0.733. The first-order chi connectivity index (χ1) is 14.9. The summed E-state index contributed by atoms with van der Waals surface area (Å²) in [5, 5.41) is 7.58. The maximum Gasteiger partial charge on any atom is 0.226 e. The lowest BCUT2D eigenvalue weighted by Gasteiger charge is -2.13. The van der Waals surface area contributed by atoms with Crippen molar-refractivity contribution in [2.24, 2.45) is 0 Å². The number of rotatable bonds is 9. The first kappa shape index (κ1) is 22.5. The predicted octanol–water partition coefficient (Wildman–Crippen LogP) is 4.03. The van der Waals surface area contributed by atoms with Gasteiger partial charge in [0, 0.05) is 25.1 Å². The van der Waals surface area contributed by atoms with Crippen molar-refractivity contribution in [3.8, 4) is 17.3 Å². The second-order valence-corrected chi connectivity index (χ2v) is 7.75. The van der Waals surface area contributed by atoms with Crippen molar-refractivity contribution in [3.63, 3.8) is 0 Å². The minimum atomic E-state index is -0.454. The molecule has 1 amide bonds. The first-order valence-electron chi connectivity index (χ1n) is 10.3. The molecule has 0 aliphatic carbocycles. The van der Waals surface area contributed by atoms with Crippen LogP contribution in [0.5, 0.6) is 11.6 Å². The summed E-state index contributed by atoms with van der Waals surface area (Å²) in [6.45, 7) is 5.23. The van der Waals surface area contributed by atoms with Gasteiger partial charge in [-0.15, -0.1) is 0 Å². The van der Waals surface area contributed by atoms with E-state index in [0.717, 1.165) is 29.1 Å². The highest BCUT2D eigenvalue weighted by molar-refractivity contribution is 5.76. The molecule has 1 N–H and O–H groups in total. The molecule has 0 bridgehead atoms. The molecular formula is C24H29FN4O2. The Kier molecular flexibility index (Phi) is 7.41. The molecule has 0 unspecified atom stereocenters. The number of aryl methyl sites for hydroxylation is 2. The molecule has 0 saturated carbocycles. The summed E-state index contributed by atoms with van der Waals surface area (Å²) in [5.74, 6) is 0.0544. The molecule has 6 nitrogen and oxygen atoms in total. The summed E-state index contributed by atoms with van der Waals surface area (Å²) in [4.78, 5) is 14.3. The van der Waals surface area contributed by atoms with E-state index in [1.807, 2.05) is 57.1 Å². The number of likely N-dealkylation sites (N-methyl/N-ethyl adjacent to an activating group) is 1. The van der Waals surface area contributed by atoms with E-state index < -0.39 is 5.82 Å². The predicted molar refractivity (Wildman–Crippen MR) is 119 cm³/mol. The lowest BCUT2D eigenvalue weighted by atomic mass is 10.1. The number of amides is 1. The number of hydrogen-bond acceptors (Lipinski definition) is 4. The highest BCUT2D eigenvalue weighted by Gasteiger charge is 2.21. The van der Waals surface area contributed by atoms with Gasteiger partial charge < -0.3 is 15.0 Å². The van der Waals surface area contributed by atoms with E-state index in [-0.39, 0.29) is 11.7 Å². The zero-order valence-corrected chi connectivity index (χ0v) is 18.5. The summed E-state index contributed by atoms with van der Waals surface area (Å²) < 4.78 is 22.0. The van der Waals surface area contributed by atoms with Crippen LogP contribution < -0.4 is 10.1 Å². The molecule has 31 heavy (non-hydrogen) atoms. The van der Waals surface area contributed by atoms with Crippen LogP contribution in [0.4, 0.5) is 4.39 Å². The van der Waals surface area contributed by atoms with Gasteiger partial charge in [-0.25, -0.2) is 4.39 Å². The highest BCUT2D eigenvalue weighted by atomic mass is 19.1. The zero-order chi connectivity index (χ0) is 22.4. The van der Waals surface area contributed by atoms with Crippen molar-refractivity contribution in [1.82, 2.24) is 20.0 Å². The SMILES string of the molecule is Cc1ccccc1-n1nc(C)c(CCC(=O)NCCN(C)C)c1Oc1ccccc1F. The summed E-state index contributed by atoms with van der Waals surface area (Å²) in [5.41, 5.74) is 3.39. The Morgan fingerprint density at radius 1 is 1.13 bits per heavy atom. The topological polar surface area (TPSA) is 59.4 Å². The van der Waals surface area contributed by atoms with Crippen molar-refractivity contribution >= 4 is 5.91 Å². The lowest BCUT2D eigenvalue weighted by Crippen LogP contribution is -2.31. The van der Waals surface area contributed by atoms with Crippen molar-refractivity contribution in [3.05, 3.63) is 71.2 Å². The van der Waals surface area contributed by atoms with Crippen LogP contribution in [0.1, 0.15) is 23.2 Å². The van der Waals surface area contributed by atoms with Crippen molar-refractivity contribution in [1.29, 1.82) is 0 Å². The number of nitrogens with zero attached hydrogens (tertiary/aromatic N) is 3. The number of para-hydroxylation sites is 2. The molecule has 0 radical (unpaired) electrons. The molecule has 3 aromatic rings. The number of carbonyl (C=O) groups is 1. The smallest absolute Gasteiger partial charge is 0.226 e. The highest BCUT2D eigenvalue weighted by Crippen LogP contribution is 2.33. The van der Waals surface area contributed by atoms with Crippen LogP contribution in [0.15, 0.2) is 48.5 Å². The Bertz CT molecular complexity index is 1050. The van der Waals surface area contributed by atoms with Gasteiger partial charge in [-0.05, 0) is 58.1 Å². The number of hydrogen-bond donors (Lipinski definition) is 1. The van der Waals surface area contributed by atoms with Crippen LogP contribution in [-0.2, 0) is 11.2 Å². The fraction of sp³-hybridized carbons (Fsp3) is 0.333. The van der Waals surface area contributed by atoms with Gasteiger partial charge >= 0.3 is 0 Å². The van der Waals surface area contributed by atoms with Gasteiger partial charge in [0.15, 0.2) is 11.6 Å². The number of nitrogens with one attached hydrogen (secondary N) is 1.